The molecule has 1 aromatic rings. The molecule has 0 saturated heterocycles. The first-order valence-electron chi connectivity index (χ1n) is 6.83. The van der Waals surface area contributed by atoms with Crippen LogP contribution in [0.3, 0.4) is 0 Å². The standard InChI is InChI=1S/C15H27N3/c1-6-7-10-18(5)14-12-16-9-8-13(14)11-17-15(2,3)4/h8-9,12,17H,6-7,10-11H2,1-5H3. The first-order chi connectivity index (χ1) is 8.44. The van der Waals surface area contributed by atoms with Crippen molar-refractivity contribution in [2.75, 3.05) is 18.5 Å². The van der Waals surface area contributed by atoms with Crippen molar-refractivity contribution in [2.45, 2.75) is 52.6 Å². The van der Waals surface area contributed by atoms with Crippen molar-refractivity contribution in [1.29, 1.82) is 0 Å². The summed E-state index contributed by atoms with van der Waals surface area (Å²) < 4.78 is 0. The topological polar surface area (TPSA) is 28.2 Å². The lowest BCUT2D eigenvalue weighted by Crippen LogP contribution is -2.35. The summed E-state index contributed by atoms with van der Waals surface area (Å²) in [5, 5.41) is 3.54. The van der Waals surface area contributed by atoms with Gasteiger partial charge in [0.1, 0.15) is 0 Å². The van der Waals surface area contributed by atoms with Gasteiger partial charge in [0.25, 0.3) is 0 Å². The number of nitrogens with zero attached hydrogens (tertiary/aromatic N) is 2. The highest BCUT2D eigenvalue weighted by Gasteiger charge is 2.12. The maximum Gasteiger partial charge on any atom is 0.0595 e. The third kappa shape index (κ3) is 5.05. The lowest BCUT2D eigenvalue weighted by atomic mass is 10.1. The molecule has 0 spiro atoms. The summed E-state index contributed by atoms with van der Waals surface area (Å²) in [6.45, 7) is 10.8. The van der Waals surface area contributed by atoms with Gasteiger partial charge in [-0.1, -0.05) is 13.3 Å². The van der Waals surface area contributed by atoms with Gasteiger partial charge in [-0.3, -0.25) is 4.98 Å². The van der Waals surface area contributed by atoms with Crippen LogP contribution in [-0.4, -0.2) is 24.1 Å². The molecule has 1 heterocycles. The fourth-order valence-electron chi connectivity index (χ4n) is 1.78. The van der Waals surface area contributed by atoms with E-state index in [4.69, 9.17) is 0 Å². The molecule has 0 bridgehead atoms. The van der Waals surface area contributed by atoms with Gasteiger partial charge in [-0.15, -0.1) is 0 Å². The molecule has 0 fully saturated rings. The van der Waals surface area contributed by atoms with Crippen molar-refractivity contribution >= 4 is 5.69 Å². The molecule has 3 nitrogen and oxygen atoms in total. The maximum absolute atomic E-state index is 4.25. The Bertz CT molecular complexity index is 355. The lowest BCUT2D eigenvalue weighted by molar-refractivity contribution is 0.424. The highest BCUT2D eigenvalue weighted by Crippen LogP contribution is 2.19. The molecule has 1 N–H and O–H groups in total. The number of unbranched alkanes of at least 4 members (excludes halogenated alkanes) is 1. The molecule has 0 aliphatic rings. The van der Waals surface area contributed by atoms with E-state index in [1.165, 1.54) is 24.1 Å². The van der Waals surface area contributed by atoms with Gasteiger partial charge >= 0.3 is 0 Å². The van der Waals surface area contributed by atoms with Gasteiger partial charge in [-0.25, -0.2) is 0 Å². The number of hydrogen-bond donors (Lipinski definition) is 1. The molecular formula is C15H27N3. The third-order valence-electron chi connectivity index (χ3n) is 2.96. The quantitative estimate of drug-likeness (QED) is 0.839. The molecule has 0 saturated carbocycles. The average Bonchev–Trinajstić information content (AvgIpc) is 2.33. The lowest BCUT2D eigenvalue weighted by Gasteiger charge is -2.25. The minimum atomic E-state index is 0.141. The monoisotopic (exact) mass is 249 g/mol. The van der Waals surface area contributed by atoms with E-state index >= 15 is 0 Å². The number of anilines is 1. The molecule has 0 unspecified atom stereocenters. The summed E-state index contributed by atoms with van der Waals surface area (Å²) >= 11 is 0. The van der Waals surface area contributed by atoms with E-state index in [1.54, 1.807) is 0 Å². The summed E-state index contributed by atoms with van der Waals surface area (Å²) in [5.74, 6) is 0. The normalized spacial score (nSPS) is 11.6. The fourth-order valence-corrected chi connectivity index (χ4v) is 1.78. The highest BCUT2D eigenvalue weighted by molar-refractivity contribution is 5.50. The van der Waals surface area contributed by atoms with E-state index in [2.05, 4.69) is 56.0 Å². The molecule has 0 atom stereocenters. The third-order valence-corrected chi connectivity index (χ3v) is 2.96. The first-order valence-corrected chi connectivity index (χ1v) is 6.83. The molecule has 0 amide bonds. The van der Waals surface area contributed by atoms with Crippen LogP contribution >= 0.6 is 0 Å². The van der Waals surface area contributed by atoms with Gasteiger partial charge in [0.15, 0.2) is 0 Å². The molecule has 0 aliphatic carbocycles. The second-order valence-corrected chi connectivity index (χ2v) is 5.88. The van der Waals surface area contributed by atoms with Crippen molar-refractivity contribution < 1.29 is 0 Å². The van der Waals surface area contributed by atoms with Crippen LogP contribution in [0.4, 0.5) is 5.69 Å². The van der Waals surface area contributed by atoms with Crippen LogP contribution in [0.15, 0.2) is 18.5 Å². The fraction of sp³-hybridized carbons (Fsp3) is 0.667. The zero-order valence-corrected chi connectivity index (χ0v) is 12.5. The first kappa shape index (κ1) is 15.0. The van der Waals surface area contributed by atoms with E-state index < -0.39 is 0 Å². The van der Waals surface area contributed by atoms with E-state index in [9.17, 15) is 0 Å². The molecule has 1 aromatic heterocycles. The second kappa shape index (κ2) is 6.74. The number of rotatable bonds is 6. The largest absolute Gasteiger partial charge is 0.373 e. The zero-order chi connectivity index (χ0) is 13.6. The smallest absolute Gasteiger partial charge is 0.0595 e. The Kier molecular flexibility index (Phi) is 5.60. The molecule has 102 valence electrons. The summed E-state index contributed by atoms with van der Waals surface area (Å²) in [5.41, 5.74) is 2.70. The Morgan fingerprint density at radius 1 is 1.33 bits per heavy atom. The minimum absolute atomic E-state index is 0.141. The van der Waals surface area contributed by atoms with Crippen LogP contribution in [0.2, 0.25) is 0 Å². The number of nitrogens with one attached hydrogen (secondary N) is 1. The number of pyridine rings is 1. The van der Waals surface area contributed by atoms with Crippen molar-refractivity contribution in [2.24, 2.45) is 0 Å². The number of aromatic nitrogens is 1. The Balaban J connectivity index is 2.72. The van der Waals surface area contributed by atoms with Gasteiger partial charge in [0, 0.05) is 31.9 Å². The van der Waals surface area contributed by atoms with Gasteiger partial charge in [0.2, 0.25) is 0 Å². The van der Waals surface area contributed by atoms with Crippen LogP contribution in [0, 0.1) is 0 Å². The van der Waals surface area contributed by atoms with Gasteiger partial charge < -0.3 is 10.2 Å². The predicted octanol–water partition coefficient (Wildman–Crippen LogP) is 3.21. The minimum Gasteiger partial charge on any atom is -0.373 e. The zero-order valence-electron chi connectivity index (χ0n) is 12.5. The Morgan fingerprint density at radius 3 is 2.67 bits per heavy atom. The van der Waals surface area contributed by atoms with Crippen molar-refractivity contribution in [3.63, 3.8) is 0 Å². The second-order valence-electron chi connectivity index (χ2n) is 5.88. The Labute approximate surface area is 112 Å². The van der Waals surface area contributed by atoms with Gasteiger partial charge in [0.05, 0.1) is 11.9 Å². The van der Waals surface area contributed by atoms with E-state index in [0.717, 1.165) is 13.1 Å². The molecule has 1 rings (SSSR count). The van der Waals surface area contributed by atoms with Crippen LogP contribution < -0.4 is 10.2 Å². The van der Waals surface area contributed by atoms with E-state index in [0.29, 0.717) is 0 Å². The predicted molar refractivity (Wildman–Crippen MR) is 79.0 cm³/mol. The van der Waals surface area contributed by atoms with Crippen LogP contribution in [0.5, 0.6) is 0 Å². The summed E-state index contributed by atoms with van der Waals surface area (Å²) in [7, 11) is 2.15. The molecule has 0 aliphatic heterocycles. The van der Waals surface area contributed by atoms with Crippen molar-refractivity contribution in [3.8, 4) is 0 Å². The van der Waals surface area contributed by atoms with Gasteiger partial charge in [-0.05, 0) is 38.8 Å². The summed E-state index contributed by atoms with van der Waals surface area (Å²) in [6, 6.07) is 2.11. The van der Waals surface area contributed by atoms with Crippen LogP contribution in [-0.2, 0) is 6.54 Å². The van der Waals surface area contributed by atoms with Crippen molar-refractivity contribution in [3.05, 3.63) is 24.0 Å². The van der Waals surface area contributed by atoms with E-state index in [-0.39, 0.29) is 5.54 Å². The summed E-state index contributed by atoms with van der Waals surface area (Å²) in [4.78, 5) is 6.55. The molecule has 3 heteroatoms. The number of hydrogen-bond acceptors (Lipinski definition) is 3. The Hall–Kier alpha value is -1.09. The molecule has 18 heavy (non-hydrogen) atoms. The van der Waals surface area contributed by atoms with Crippen LogP contribution in [0.25, 0.3) is 0 Å². The SMILES string of the molecule is CCCCN(C)c1cnccc1CNC(C)(C)C. The van der Waals surface area contributed by atoms with Gasteiger partial charge in [-0.2, -0.15) is 0 Å². The van der Waals surface area contributed by atoms with Crippen LogP contribution in [0.1, 0.15) is 46.1 Å². The molecular weight excluding hydrogens is 222 g/mol. The van der Waals surface area contributed by atoms with E-state index in [1.807, 2.05) is 12.4 Å². The molecule has 0 aromatic carbocycles. The average molecular weight is 249 g/mol. The molecule has 0 radical (unpaired) electrons. The summed E-state index contributed by atoms with van der Waals surface area (Å²) in [6.07, 6.45) is 6.28. The van der Waals surface area contributed by atoms with Crippen molar-refractivity contribution in [1.82, 2.24) is 10.3 Å². The highest BCUT2D eigenvalue weighted by atomic mass is 15.1. The maximum atomic E-state index is 4.25. The Morgan fingerprint density at radius 2 is 2.06 bits per heavy atom.